The topological polar surface area (TPSA) is 45.3 Å². The number of piperidine rings is 1. The number of hydrogen-bond donors (Lipinski definition) is 0. The number of ether oxygens (including phenoxy) is 2. The third-order valence-corrected chi connectivity index (χ3v) is 7.14. The first kappa shape index (κ1) is 25.5. The Labute approximate surface area is 208 Å². The molecule has 1 saturated heterocycles. The van der Waals surface area contributed by atoms with Gasteiger partial charge in [-0.25, -0.2) is 4.39 Å². The van der Waals surface area contributed by atoms with Gasteiger partial charge in [0.2, 0.25) is 5.91 Å². The molecule has 0 saturated carbocycles. The van der Waals surface area contributed by atoms with E-state index in [2.05, 4.69) is 28.0 Å². The van der Waals surface area contributed by atoms with Crippen LogP contribution < -0.4 is 9.47 Å². The maximum absolute atomic E-state index is 14.2. The van der Waals surface area contributed by atoms with Crippen LogP contribution in [0.25, 0.3) is 0 Å². The van der Waals surface area contributed by atoms with Gasteiger partial charge in [-0.15, -0.1) is 0 Å². The molecular weight excluding hydrogens is 445 g/mol. The molecule has 0 aromatic heterocycles. The Morgan fingerprint density at radius 3 is 2.57 bits per heavy atom. The van der Waals surface area contributed by atoms with Gasteiger partial charge in [0.1, 0.15) is 12.4 Å². The molecule has 2 aromatic carbocycles. The van der Waals surface area contributed by atoms with Crippen molar-refractivity contribution in [1.82, 2.24) is 14.7 Å². The number of carbonyl (C=O) groups excluding carboxylic acids is 1. The Morgan fingerprint density at radius 2 is 1.83 bits per heavy atom. The smallest absolute Gasteiger partial charge is 0.226 e. The largest absolute Gasteiger partial charge is 0.494 e. The maximum Gasteiger partial charge on any atom is 0.226 e. The molecule has 2 aliphatic heterocycles. The van der Waals surface area contributed by atoms with Crippen LogP contribution in [0.5, 0.6) is 11.5 Å². The number of hydrogen-bond acceptors (Lipinski definition) is 5. The van der Waals surface area contributed by atoms with E-state index < -0.39 is 0 Å². The predicted molar refractivity (Wildman–Crippen MR) is 135 cm³/mol. The van der Waals surface area contributed by atoms with Gasteiger partial charge in [0.25, 0.3) is 0 Å². The van der Waals surface area contributed by atoms with Gasteiger partial charge in [-0.2, -0.15) is 0 Å². The number of halogens is 1. The summed E-state index contributed by atoms with van der Waals surface area (Å²) in [5.41, 5.74) is 3.31. The number of fused-ring (bicyclic) bond motifs is 1. The van der Waals surface area contributed by atoms with E-state index in [4.69, 9.17) is 9.47 Å². The Kier molecular flexibility index (Phi) is 8.63. The van der Waals surface area contributed by atoms with Crippen molar-refractivity contribution in [3.05, 3.63) is 58.9 Å². The van der Waals surface area contributed by atoms with Crippen molar-refractivity contribution in [3.63, 3.8) is 0 Å². The van der Waals surface area contributed by atoms with E-state index in [1.54, 1.807) is 12.1 Å². The average molecular weight is 484 g/mol. The van der Waals surface area contributed by atoms with Crippen molar-refractivity contribution < 1.29 is 18.7 Å². The highest BCUT2D eigenvalue weighted by molar-refractivity contribution is 5.79. The monoisotopic (exact) mass is 483 g/mol. The minimum atomic E-state index is -0.335. The van der Waals surface area contributed by atoms with E-state index in [1.807, 2.05) is 24.8 Å². The van der Waals surface area contributed by atoms with Gasteiger partial charge in [-0.3, -0.25) is 14.6 Å². The first-order chi connectivity index (χ1) is 17.0. The lowest BCUT2D eigenvalue weighted by atomic mass is 9.95. The van der Waals surface area contributed by atoms with E-state index in [0.717, 1.165) is 75.5 Å². The molecule has 35 heavy (non-hydrogen) atoms. The average Bonchev–Trinajstić information content (AvgIpc) is 3.06. The third-order valence-electron chi connectivity index (χ3n) is 7.14. The number of likely N-dealkylation sites (tertiary alicyclic amines) is 1. The van der Waals surface area contributed by atoms with Crippen LogP contribution >= 0.6 is 0 Å². The normalized spacial score (nSPS) is 18.9. The third kappa shape index (κ3) is 6.33. The molecule has 0 unspecified atom stereocenters. The first-order valence-electron chi connectivity index (χ1n) is 12.8. The molecule has 4 rings (SSSR count). The number of amides is 1. The highest BCUT2D eigenvalue weighted by Crippen LogP contribution is 2.28. The number of carbonyl (C=O) groups is 1. The maximum atomic E-state index is 14.2. The van der Waals surface area contributed by atoms with Gasteiger partial charge in [0.05, 0.1) is 13.0 Å². The SMILES string of the molecule is CCN(CC)C(=O)[C@H]1CCCN(Cc2ccc3c(c2)CN(Cc2ccc(OC)c(F)c2)CCO3)C1. The minimum Gasteiger partial charge on any atom is -0.494 e. The van der Waals surface area contributed by atoms with Crippen LogP contribution in [0.4, 0.5) is 4.39 Å². The van der Waals surface area contributed by atoms with Gasteiger partial charge < -0.3 is 14.4 Å². The molecule has 190 valence electrons. The Balaban J connectivity index is 1.41. The number of nitrogens with zero attached hydrogens (tertiary/aromatic N) is 3. The molecule has 2 heterocycles. The van der Waals surface area contributed by atoms with E-state index in [9.17, 15) is 9.18 Å². The van der Waals surface area contributed by atoms with Crippen molar-refractivity contribution >= 4 is 5.91 Å². The number of benzene rings is 2. The Bertz CT molecular complexity index is 1010. The zero-order valence-corrected chi connectivity index (χ0v) is 21.3. The summed E-state index contributed by atoms with van der Waals surface area (Å²) in [5, 5.41) is 0. The van der Waals surface area contributed by atoms with E-state index in [0.29, 0.717) is 19.1 Å². The second kappa shape index (κ2) is 11.9. The van der Waals surface area contributed by atoms with Gasteiger partial charge in [-0.05, 0) is 68.6 Å². The lowest BCUT2D eigenvalue weighted by Gasteiger charge is -2.34. The molecule has 1 atom stereocenters. The molecule has 1 amide bonds. The van der Waals surface area contributed by atoms with Crippen LogP contribution in [0.1, 0.15) is 43.4 Å². The molecule has 6 nitrogen and oxygen atoms in total. The molecule has 2 aromatic rings. The van der Waals surface area contributed by atoms with Gasteiger partial charge in [-0.1, -0.05) is 12.1 Å². The zero-order chi connectivity index (χ0) is 24.8. The van der Waals surface area contributed by atoms with Crippen molar-refractivity contribution in [2.45, 2.75) is 46.3 Å². The van der Waals surface area contributed by atoms with Crippen molar-refractivity contribution in [2.24, 2.45) is 5.92 Å². The summed E-state index contributed by atoms with van der Waals surface area (Å²) in [6, 6.07) is 11.6. The van der Waals surface area contributed by atoms with Crippen LogP contribution in [0, 0.1) is 11.7 Å². The molecule has 1 fully saturated rings. The summed E-state index contributed by atoms with van der Waals surface area (Å²) in [6.45, 7) is 11.1. The summed E-state index contributed by atoms with van der Waals surface area (Å²) in [7, 11) is 1.48. The summed E-state index contributed by atoms with van der Waals surface area (Å²) in [4.78, 5) is 19.5. The molecule has 0 N–H and O–H groups in total. The Morgan fingerprint density at radius 1 is 1.09 bits per heavy atom. The molecule has 2 aliphatic rings. The fourth-order valence-corrected chi connectivity index (χ4v) is 5.25. The zero-order valence-electron chi connectivity index (χ0n) is 21.3. The minimum absolute atomic E-state index is 0.0909. The molecule has 7 heteroatoms. The van der Waals surface area contributed by atoms with Crippen LogP contribution in [0.3, 0.4) is 0 Å². The van der Waals surface area contributed by atoms with Crippen molar-refractivity contribution in [3.8, 4) is 11.5 Å². The number of rotatable bonds is 8. The summed E-state index contributed by atoms with van der Waals surface area (Å²) in [6.07, 6.45) is 2.03. The molecule has 0 spiro atoms. The fraction of sp³-hybridized carbons (Fsp3) is 0.536. The van der Waals surface area contributed by atoms with Crippen LogP contribution in [-0.2, 0) is 24.4 Å². The molecule has 0 radical (unpaired) electrons. The van der Waals surface area contributed by atoms with Gasteiger partial charge in [0, 0.05) is 51.4 Å². The van der Waals surface area contributed by atoms with Crippen molar-refractivity contribution in [2.75, 3.05) is 46.4 Å². The fourth-order valence-electron chi connectivity index (χ4n) is 5.25. The quantitative estimate of drug-likeness (QED) is 0.560. The summed E-state index contributed by atoms with van der Waals surface area (Å²) >= 11 is 0. The van der Waals surface area contributed by atoms with Crippen molar-refractivity contribution in [1.29, 1.82) is 0 Å². The van der Waals surface area contributed by atoms with E-state index >= 15 is 0 Å². The van der Waals surface area contributed by atoms with Gasteiger partial charge in [0.15, 0.2) is 11.6 Å². The van der Waals surface area contributed by atoms with Gasteiger partial charge >= 0.3 is 0 Å². The number of methoxy groups -OCH3 is 1. The van der Waals surface area contributed by atoms with Crippen LogP contribution in [0.2, 0.25) is 0 Å². The van der Waals surface area contributed by atoms with E-state index in [1.165, 1.54) is 12.7 Å². The standard InChI is InChI=1S/C28H38FN3O3/c1-4-32(5-2)28(33)23-7-6-12-30(19-23)17-21-8-10-26-24(15-21)20-31(13-14-35-26)18-22-9-11-27(34-3)25(29)16-22/h8-11,15-16,23H,4-7,12-14,17-20H2,1-3H3/t23-/m0/s1. The summed E-state index contributed by atoms with van der Waals surface area (Å²) < 4.78 is 25.2. The van der Waals surface area contributed by atoms with Crippen LogP contribution in [0.15, 0.2) is 36.4 Å². The molecule has 0 bridgehead atoms. The second-order valence-electron chi connectivity index (χ2n) is 9.55. The molecule has 0 aliphatic carbocycles. The van der Waals surface area contributed by atoms with E-state index in [-0.39, 0.29) is 17.5 Å². The molecular formula is C28H38FN3O3. The summed E-state index contributed by atoms with van der Waals surface area (Å²) in [5.74, 6) is 1.24. The van der Waals surface area contributed by atoms with Crippen LogP contribution in [-0.4, -0.2) is 67.0 Å². The second-order valence-corrected chi connectivity index (χ2v) is 9.55. The first-order valence-corrected chi connectivity index (χ1v) is 12.8. The highest BCUT2D eigenvalue weighted by Gasteiger charge is 2.28. The highest BCUT2D eigenvalue weighted by atomic mass is 19.1. The Hall–Kier alpha value is -2.64. The lowest BCUT2D eigenvalue weighted by Crippen LogP contribution is -2.44. The predicted octanol–water partition coefficient (Wildman–Crippen LogP) is 4.31. The lowest BCUT2D eigenvalue weighted by molar-refractivity contribution is -0.137.